The molecular formula is C24H27N7O2. The number of H-pyrrole nitrogens is 2. The zero-order chi connectivity index (χ0) is 23.0. The lowest BCUT2D eigenvalue weighted by Gasteiger charge is -2.29. The monoisotopic (exact) mass is 445 g/mol. The SMILES string of the molecule is CCCN(Cc1ccc(-c2ccccc2-c2nn[nH]n2)cc1)[C@@H](Cc1cnc[nH]1)C(=O)OC. The van der Waals surface area contributed by atoms with Gasteiger partial charge < -0.3 is 9.72 Å². The number of carbonyl (C=O) groups is 1. The summed E-state index contributed by atoms with van der Waals surface area (Å²) in [5.41, 5.74) is 5.02. The molecule has 9 nitrogen and oxygen atoms in total. The van der Waals surface area contributed by atoms with E-state index in [1.807, 2.05) is 24.3 Å². The highest BCUT2D eigenvalue weighted by Crippen LogP contribution is 2.30. The number of nitrogens with zero attached hydrogens (tertiary/aromatic N) is 5. The smallest absolute Gasteiger partial charge is 0.323 e. The first kappa shape index (κ1) is 22.3. The fourth-order valence-electron chi connectivity index (χ4n) is 3.96. The van der Waals surface area contributed by atoms with Gasteiger partial charge in [0.1, 0.15) is 6.04 Å². The Kier molecular flexibility index (Phi) is 7.21. The van der Waals surface area contributed by atoms with Gasteiger partial charge in [0.15, 0.2) is 0 Å². The second kappa shape index (κ2) is 10.6. The average Bonchev–Trinajstić information content (AvgIpc) is 3.57. The summed E-state index contributed by atoms with van der Waals surface area (Å²) in [4.78, 5) is 21.9. The molecule has 170 valence electrons. The van der Waals surface area contributed by atoms with Crippen LogP contribution in [-0.4, -0.2) is 61.2 Å². The van der Waals surface area contributed by atoms with Gasteiger partial charge in [-0.25, -0.2) is 4.98 Å². The number of esters is 1. The molecule has 0 fully saturated rings. The third-order valence-electron chi connectivity index (χ3n) is 5.56. The molecule has 0 amide bonds. The van der Waals surface area contributed by atoms with Crippen LogP contribution in [0.25, 0.3) is 22.5 Å². The van der Waals surface area contributed by atoms with Gasteiger partial charge in [-0.15, -0.1) is 10.2 Å². The largest absolute Gasteiger partial charge is 0.468 e. The van der Waals surface area contributed by atoms with Crippen molar-refractivity contribution in [3.63, 3.8) is 0 Å². The van der Waals surface area contributed by atoms with Crippen molar-refractivity contribution in [1.82, 2.24) is 35.5 Å². The fraction of sp³-hybridized carbons (Fsp3) is 0.292. The molecule has 0 aliphatic carbocycles. The molecule has 0 aliphatic rings. The van der Waals surface area contributed by atoms with Crippen LogP contribution in [0.15, 0.2) is 61.1 Å². The summed E-state index contributed by atoms with van der Waals surface area (Å²) < 4.78 is 5.12. The molecular weight excluding hydrogens is 418 g/mol. The molecule has 4 rings (SSSR count). The quantitative estimate of drug-likeness (QED) is 0.360. The first-order valence-electron chi connectivity index (χ1n) is 10.9. The number of nitrogens with one attached hydrogen (secondary N) is 2. The van der Waals surface area contributed by atoms with Crippen molar-refractivity contribution in [3.05, 3.63) is 72.3 Å². The van der Waals surface area contributed by atoms with Crippen LogP contribution in [0.5, 0.6) is 0 Å². The topological polar surface area (TPSA) is 113 Å². The van der Waals surface area contributed by atoms with Gasteiger partial charge in [-0.05, 0) is 34.9 Å². The molecule has 2 N–H and O–H groups in total. The van der Waals surface area contributed by atoms with Crippen LogP contribution in [0.3, 0.4) is 0 Å². The van der Waals surface area contributed by atoms with Crippen molar-refractivity contribution in [3.8, 4) is 22.5 Å². The van der Waals surface area contributed by atoms with E-state index in [0.717, 1.165) is 40.9 Å². The first-order valence-corrected chi connectivity index (χ1v) is 10.9. The molecule has 2 aromatic carbocycles. The Labute approximate surface area is 192 Å². The van der Waals surface area contributed by atoms with Gasteiger partial charge in [-0.2, -0.15) is 5.21 Å². The highest BCUT2D eigenvalue weighted by molar-refractivity contribution is 5.80. The zero-order valence-corrected chi connectivity index (χ0v) is 18.7. The van der Waals surface area contributed by atoms with E-state index in [-0.39, 0.29) is 5.97 Å². The first-order chi connectivity index (χ1) is 16.2. The van der Waals surface area contributed by atoms with Gasteiger partial charge >= 0.3 is 5.97 Å². The van der Waals surface area contributed by atoms with Gasteiger partial charge in [0.2, 0.25) is 5.82 Å². The van der Waals surface area contributed by atoms with Gasteiger partial charge in [-0.1, -0.05) is 55.5 Å². The molecule has 9 heteroatoms. The summed E-state index contributed by atoms with van der Waals surface area (Å²) in [6.45, 7) is 3.51. The van der Waals surface area contributed by atoms with Crippen molar-refractivity contribution in [2.24, 2.45) is 0 Å². The molecule has 1 atom stereocenters. The van der Waals surface area contributed by atoms with Crippen LogP contribution in [0.2, 0.25) is 0 Å². The minimum atomic E-state index is -0.394. The van der Waals surface area contributed by atoms with Gasteiger partial charge in [0, 0.05) is 30.4 Å². The molecule has 2 heterocycles. The second-order valence-corrected chi connectivity index (χ2v) is 7.77. The van der Waals surface area contributed by atoms with E-state index in [4.69, 9.17) is 4.74 Å². The lowest BCUT2D eigenvalue weighted by Crippen LogP contribution is -2.43. The summed E-state index contributed by atoms with van der Waals surface area (Å²) in [5.74, 6) is 0.312. The summed E-state index contributed by atoms with van der Waals surface area (Å²) in [6, 6.07) is 15.9. The number of benzene rings is 2. The van der Waals surface area contributed by atoms with Crippen molar-refractivity contribution >= 4 is 5.97 Å². The molecule has 4 aromatic rings. The van der Waals surface area contributed by atoms with Crippen molar-refractivity contribution in [2.75, 3.05) is 13.7 Å². The Morgan fingerprint density at radius 2 is 1.91 bits per heavy atom. The molecule has 0 spiro atoms. The Hall–Kier alpha value is -3.85. The van der Waals surface area contributed by atoms with Crippen LogP contribution < -0.4 is 0 Å². The van der Waals surface area contributed by atoms with E-state index >= 15 is 0 Å². The Balaban J connectivity index is 1.56. The molecule has 0 radical (unpaired) electrons. The third kappa shape index (κ3) is 5.32. The lowest BCUT2D eigenvalue weighted by atomic mass is 9.98. The molecule has 0 aliphatic heterocycles. The molecule has 2 aromatic heterocycles. The number of hydrogen-bond donors (Lipinski definition) is 2. The molecule has 0 bridgehead atoms. The van der Waals surface area contributed by atoms with Crippen LogP contribution in [0, 0.1) is 0 Å². The lowest BCUT2D eigenvalue weighted by molar-refractivity contribution is -0.147. The summed E-state index contributed by atoms with van der Waals surface area (Å²) in [5, 5.41) is 14.4. The molecule has 0 saturated heterocycles. The van der Waals surface area contributed by atoms with E-state index in [9.17, 15) is 4.79 Å². The number of carbonyl (C=O) groups excluding carboxylic acids is 1. The fourth-order valence-corrected chi connectivity index (χ4v) is 3.96. The van der Waals surface area contributed by atoms with Crippen molar-refractivity contribution in [1.29, 1.82) is 0 Å². The number of methoxy groups -OCH3 is 1. The average molecular weight is 446 g/mol. The van der Waals surface area contributed by atoms with Crippen LogP contribution >= 0.6 is 0 Å². The molecule has 33 heavy (non-hydrogen) atoms. The zero-order valence-electron chi connectivity index (χ0n) is 18.7. The number of hydrogen-bond acceptors (Lipinski definition) is 7. The normalized spacial score (nSPS) is 12.1. The maximum atomic E-state index is 12.6. The number of imidazole rings is 1. The number of aromatic amines is 2. The van der Waals surface area contributed by atoms with E-state index < -0.39 is 6.04 Å². The predicted molar refractivity (Wildman–Crippen MR) is 124 cm³/mol. The predicted octanol–water partition coefficient (Wildman–Crippen LogP) is 3.25. The Morgan fingerprint density at radius 1 is 1.12 bits per heavy atom. The van der Waals surface area contributed by atoms with E-state index in [2.05, 4.69) is 66.7 Å². The van der Waals surface area contributed by atoms with Gasteiger partial charge in [0.05, 0.1) is 13.4 Å². The Morgan fingerprint density at radius 3 is 2.55 bits per heavy atom. The van der Waals surface area contributed by atoms with Crippen LogP contribution in [-0.2, 0) is 22.5 Å². The molecule has 0 unspecified atom stereocenters. The summed E-state index contributed by atoms with van der Waals surface area (Å²) >= 11 is 0. The number of aromatic nitrogens is 6. The third-order valence-corrected chi connectivity index (χ3v) is 5.56. The summed E-state index contributed by atoms with van der Waals surface area (Å²) in [6.07, 6.45) is 4.81. The maximum Gasteiger partial charge on any atom is 0.323 e. The van der Waals surface area contributed by atoms with Crippen LogP contribution in [0.4, 0.5) is 0 Å². The van der Waals surface area contributed by atoms with Crippen LogP contribution in [0.1, 0.15) is 24.6 Å². The number of tetrazole rings is 1. The maximum absolute atomic E-state index is 12.6. The number of ether oxygens (including phenoxy) is 1. The highest BCUT2D eigenvalue weighted by Gasteiger charge is 2.27. The second-order valence-electron chi connectivity index (χ2n) is 7.77. The highest BCUT2D eigenvalue weighted by atomic mass is 16.5. The summed E-state index contributed by atoms with van der Waals surface area (Å²) in [7, 11) is 1.43. The van der Waals surface area contributed by atoms with Crippen molar-refractivity contribution < 1.29 is 9.53 Å². The van der Waals surface area contributed by atoms with Crippen molar-refractivity contribution in [2.45, 2.75) is 32.4 Å². The van der Waals surface area contributed by atoms with E-state index in [1.54, 1.807) is 12.5 Å². The van der Waals surface area contributed by atoms with E-state index in [0.29, 0.717) is 18.8 Å². The minimum absolute atomic E-state index is 0.247. The standard InChI is InChI=1S/C24H27N7O2/c1-3-12-31(22(24(32)33-2)13-19-14-25-16-26-19)15-17-8-10-18(11-9-17)20-6-4-5-7-21(20)23-27-29-30-28-23/h4-11,14,16,22H,3,12-13,15H2,1-2H3,(H,25,26)(H,27,28,29,30)/t22-/m0/s1. The minimum Gasteiger partial charge on any atom is -0.468 e. The van der Waals surface area contributed by atoms with E-state index in [1.165, 1.54) is 7.11 Å². The Bertz CT molecular complexity index is 1140. The van der Waals surface area contributed by atoms with Gasteiger partial charge in [-0.3, -0.25) is 9.69 Å². The number of rotatable bonds is 10. The molecule has 0 saturated carbocycles. The van der Waals surface area contributed by atoms with Gasteiger partial charge in [0.25, 0.3) is 0 Å².